The van der Waals surface area contributed by atoms with Crippen molar-refractivity contribution in [3.63, 3.8) is 0 Å². The summed E-state index contributed by atoms with van der Waals surface area (Å²) in [4.78, 5) is 11.9. The predicted molar refractivity (Wildman–Crippen MR) is 71.0 cm³/mol. The highest BCUT2D eigenvalue weighted by Gasteiger charge is 2.12. The molecule has 1 unspecified atom stereocenters. The van der Waals surface area contributed by atoms with Gasteiger partial charge < -0.3 is 11.1 Å². The first kappa shape index (κ1) is 14.7. The lowest BCUT2D eigenvalue weighted by atomic mass is 10.1. The largest absolute Gasteiger partial charge is 0.330 e. The number of hydrogen-bond acceptors (Lipinski definition) is 4. The molecule has 1 amide bonds. The summed E-state index contributed by atoms with van der Waals surface area (Å²) in [5.74, 6) is -0.280. The number of sulfone groups is 1. The zero-order valence-electron chi connectivity index (χ0n) is 10.5. The monoisotopic (exact) mass is 270 g/mol. The molecule has 0 saturated carbocycles. The van der Waals surface area contributed by atoms with E-state index in [2.05, 4.69) is 5.32 Å². The van der Waals surface area contributed by atoms with E-state index in [1.807, 2.05) is 0 Å². The van der Waals surface area contributed by atoms with Crippen LogP contribution in [0.2, 0.25) is 0 Å². The lowest BCUT2D eigenvalue weighted by Gasteiger charge is -2.11. The van der Waals surface area contributed by atoms with E-state index < -0.39 is 9.84 Å². The normalized spacial score (nSPS) is 13.1. The lowest BCUT2D eigenvalue weighted by molar-refractivity contribution is -0.119. The van der Waals surface area contributed by atoms with Gasteiger partial charge in [0.1, 0.15) is 0 Å². The maximum absolute atomic E-state index is 11.7. The van der Waals surface area contributed by atoms with E-state index in [9.17, 15) is 13.2 Å². The van der Waals surface area contributed by atoms with Crippen LogP contribution in [0.15, 0.2) is 29.2 Å². The lowest BCUT2D eigenvalue weighted by Crippen LogP contribution is -2.22. The van der Waals surface area contributed by atoms with E-state index in [-0.39, 0.29) is 16.7 Å². The third-order valence-electron chi connectivity index (χ3n) is 2.60. The molecule has 0 bridgehead atoms. The first-order valence-electron chi connectivity index (χ1n) is 5.65. The number of anilines is 1. The molecule has 0 saturated heterocycles. The third-order valence-corrected chi connectivity index (χ3v) is 3.73. The van der Waals surface area contributed by atoms with E-state index >= 15 is 0 Å². The Bertz CT molecular complexity index is 509. The number of benzene rings is 1. The molecule has 0 heterocycles. The van der Waals surface area contributed by atoms with Gasteiger partial charge in [-0.3, -0.25) is 4.79 Å². The molecule has 0 fully saturated rings. The Morgan fingerprint density at radius 1 is 1.33 bits per heavy atom. The van der Waals surface area contributed by atoms with Gasteiger partial charge in [-0.05, 0) is 37.2 Å². The standard InChI is InChI=1S/C12H18N2O3S/c1-9(7-8-13)12(15)14-10-3-5-11(6-4-10)18(2,16)17/h3-6,9H,7-8,13H2,1-2H3,(H,14,15). The molecule has 0 aromatic heterocycles. The molecule has 1 aromatic rings. The Kier molecular flexibility index (Phi) is 4.86. The molecule has 0 radical (unpaired) electrons. The minimum Gasteiger partial charge on any atom is -0.330 e. The van der Waals surface area contributed by atoms with Crippen molar-refractivity contribution in [2.45, 2.75) is 18.2 Å². The summed E-state index contributed by atoms with van der Waals surface area (Å²) in [6, 6.07) is 6.09. The quantitative estimate of drug-likeness (QED) is 0.835. The topological polar surface area (TPSA) is 89.3 Å². The molecule has 5 nitrogen and oxygen atoms in total. The van der Waals surface area contributed by atoms with Crippen molar-refractivity contribution < 1.29 is 13.2 Å². The minimum atomic E-state index is -3.20. The zero-order valence-corrected chi connectivity index (χ0v) is 11.3. The second-order valence-electron chi connectivity index (χ2n) is 4.26. The van der Waals surface area contributed by atoms with E-state index in [4.69, 9.17) is 5.73 Å². The SMILES string of the molecule is CC(CCN)C(=O)Nc1ccc(S(C)(=O)=O)cc1. The number of rotatable bonds is 5. The maximum Gasteiger partial charge on any atom is 0.227 e. The van der Waals surface area contributed by atoms with Gasteiger partial charge in [-0.2, -0.15) is 0 Å². The Labute approximate surface area is 107 Å². The molecule has 0 spiro atoms. The zero-order chi connectivity index (χ0) is 13.8. The molecule has 1 aromatic carbocycles. The molecule has 1 rings (SSSR count). The van der Waals surface area contributed by atoms with E-state index in [0.29, 0.717) is 18.7 Å². The second kappa shape index (κ2) is 5.97. The van der Waals surface area contributed by atoms with Crippen LogP contribution in [0.1, 0.15) is 13.3 Å². The molecule has 0 aliphatic rings. The molecular formula is C12H18N2O3S. The number of carbonyl (C=O) groups is 1. The second-order valence-corrected chi connectivity index (χ2v) is 6.28. The van der Waals surface area contributed by atoms with Crippen molar-refractivity contribution in [1.29, 1.82) is 0 Å². The Morgan fingerprint density at radius 2 is 1.89 bits per heavy atom. The number of nitrogens with one attached hydrogen (secondary N) is 1. The fourth-order valence-corrected chi connectivity index (χ4v) is 2.06. The van der Waals surface area contributed by atoms with Crippen LogP contribution in [0.4, 0.5) is 5.69 Å². The summed E-state index contributed by atoms with van der Waals surface area (Å²) >= 11 is 0. The van der Waals surface area contributed by atoms with Gasteiger partial charge in [-0.1, -0.05) is 6.92 Å². The summed E-state index contributed by atoms with van der Waals surface area (Å²) in [5, 5.41) is 2.72. The summed E-state index contributed by atoms with van der Waals surface area (Å²) < 4.78 is 22.5. The third kappa shape index (κ3) is 4.12. The number of hydrogen-bond donors (Lipinski definition) is 2. The highest BCUT2D eigenvalue weighted by molar-refractivity contribution is 7.90. The summed E-state index contributed by atoms with van der Waals surface area (Å²) in [5.41, 5.74) is 5.96. The molecular weight excluding hydrogens is 252 g/mol. The van der Waals surface area contributed by atoms with Crippen LogP contribution in [-0.2, 0) is 14.6 Å². The highest BCUT2D eigenvalue weighted by atomic mass is 32.2. The molecule has 18 heavy (non-hydrogen) atoms. The van der Waals surface area contributed by atoms with Crippen molar-refractivity contribution >= 4 is 21.4 Å². The molecule has 0 aliphatic carbocycles. The fraction of sp³-hybridized carbons (Fsp3) is 0.417. The van der Waals surface area contributed by atoms with Gasteiger partial charge in [0.05, 0.1) is 4.90 Å². The number of amides is 1. The average Bonchev–Trinajstić information content (AvgIpc) is 2.28. The van der Waals surface area contributed by atoms with E-state index in [1.54, 1.807) is 19.1 Å². The first-order valence-corrected chi connectivity index (χ1v) is 7.55. The molecule has 3 N–H and O–H groups in total. The van der Waals surface area contributed by atoms with Gasteiger partial charge in [-0.15, -0.1) is 0 Å². The first-order chi connectivity index (χ1) is 8.34. The van der Waals surface area contributed by atoms with Crippen molar-refractivity contribution in [3.8, 4) is 0 Å². The molecule has 0 aliphatic heterocycles. The van der Waals surface area contributed by atoms with Crippen LogP contribution in [0.5, 0.6) is 0 Å². The number of carbonyl (C=O) groups excluding carboxylic acids is 1. The van der Waals surface area contributed by atoms with Gasteiger partial charge in [0.15, 0.2) is 9.84 Å². The Balaban J connectivity index is 2.73. The van der Waals surface area contributed by atoms with Gasteiger partial charge >= 0.3 is 0 Å². The summed E-state index contributed by atoms with van der Waals surface area (Å²) in [6.45, 7) is 2.26. The van der Waals surface area contributed by atoms with Gasteiger partial charge in [0.25, 0.3) is 0 Å². The smallest absolute Gasteiger partial charge is 0.227 e. The van der Waals surface area contributed by atoms with Crippen LogP contribution in [0.3, 0.4) is 0 Å². The summed E-state index contributed by atoms with van der Waals surface area (Å²) in [6.07, 6.45) is 1.76. The summed E-state index contributed by atoms with van der Waals surface area (Å²) in [7, 11) is -3.20. The minimum absolute atomic E-state index is 0.118. The van der Waals surface area contributed by atoms with E-state index in [0.717, 1.165) is 6.26 Å². The van der Waals surface area contributed by atoms with Crippen molar-refractivity contribution in [2.75, 3.05) is 18.1 Å². The van der Waals surface area contributed by atoms with Crippen molar-refractivity contribution in [3.05, 3.63) is 24.3 Å². The van der Waals surface area contributed by atoms with Crippen molar-refractivity contribution in [1.82, 2.24) is 0 Å². The maximum atomic E-state index is 11.7. The molecule has 6 heteroatoms. The average molecular weight is 270 g/mol. The van der Waals surface area contributed by atoms with Crippen LogP contribution in [0, 0.1) is 5.92 Å². The van der Waals surface area contributed by atoms with Gasteiger partial charge in [-0.25, -0.2) is 8.42 Å². The van der Waals surface area contributed by atoms with Crippen LogP contribution in [-0.4, -0.2) is 27.1 Å². The van der Waals surface area contributed by atoms with Crippen LogP contribution in [0.25, 0.3) is 0 Å². The van der Waals surface area contributed by atoms with Crippen molar-refractivity contribution in [2.24, 2.45) is 11.7 Å². The fourth-order valence-electron chi connectivity index (χ4n) is 1.43. The number of nitrogens with two attached hydrogens (primary N) is 1. The Hall–Kier alpha value is -1.40. The highest BCUT2D eigenvalue weighted by Crippen LogP contribution is 2.15. The Morgan fingerprint density at radius 3 is 2.33 bits per heavy atom. The molecule has 100 valence electrons. The van der Waals surface area contributed by atoms with Gasteiger partial charge in [0.2, 0.25) is 5.91 Å². The van der Waals surface area contributed by atoms with Crippen LogP contribution < -0.4 is 11.1 Å². The van der Waals surface area contributed by atoms with Crippen LogP contribution >= 0.6 is 0 Å². The molecule has 1 atom stereocenters. The van der Waals surface area contributed by atoms with E-state index in [1.165, 1.54) is 12.1 Å². The van der Waals surface area contributed by atoms with Gasteiger partial charge in [0, 0.05) is 17.9 Å². The predicted octanol–water partition coefficient (Wildman–Crippen LogP) is 1.01.